The Morgan fingerprint density at radius 1 is 1.29 bits per heavy atom. The van der Waals surface area contributed by atoms with Crippen LogP contribution in [0.15, 0.2) is 34.9 Å². The van der Waals surface area contributed by atoms with Gasteiger partial charge < -0.3 is 14.7 Å². The second-order valence-electron chi connectivity index (χ2n) is 6.77. The third kappa shape index (κ3) is 2.94. The Balaban J connectivity index is 1.50. The molecule has 2 aromatic rings. The zero-order chi connectivity index (χ0) is 16.7. The minimum atomic E-state index is -0.109. The van der Waals surface area contributed by atoms with E-state index in [1.165, 1.54) is 12.8 Å². The van der Waals surface area contributed by atoms with E-state index >= 15 is 0 Å². The molecule has 126 valence electrons. The number of piperidine rings is 1. The highest BCUT2D eigenvalue weighted by Crippen LogP contribution is 2.30. The van der Waals surface area contributed by atoms with Gasteiger partial charge in [-0.2, -0.15) is 0 Å². The van der Waals surface area contributed by atoms with Gasteiger partial charge in [0.05, 0.1) is 0 Å². The fraction of sp³-hybridized carbons (Fsp3) is 0.444. The SMILES string of the molecule is CN(C(=O)c1cc(-c2cccc(Cl)c2)no1)C1CC2CCC(C1)N2. The van der Waals surface area contributed by atoms with E-state index in [0.717, 1.165) is 18.4 Å². The van der Waals surface area contributed by atoms with Crippen molar-refractivity contribution in [3.63, 3.8) is 0 Å². The lowest BCUT2D eigenvalue weighted by molar-refractivity contribution is 0.0640. The molecule has 2 saturated heterocycles. The molecule has 2 aliphatic rings. The molecule has 1 aromatic carbocycles. The van der Waals surface area contributed by atoms with Crippen LogP contribution >= 0.6 is 11.6 Å². The van der Waals surface area contributed by atoms with E-state index in [4.69, 9.17) is 16.1 Å². The number of nitrogens with one attached hydrogen (secondary N) is 1. The molecule has 2 aliphatic heterocycles. The first-order valence-electron chi connectivity index (χ1n) is 8.36. The molecule has 0 aliphatic carbocycles. The van der Waals surface area contributed by atoms with Gasteiger partial charge in [-0.25, -0.2) is 0 Å². The van der Waals surface area contributed by atoms with Crippen LogP contribution in [0.5, 0.6) is 0 Å². The summed E-state index contributed by atoms with van der Waals surface area (Å²) >= 11 is 6.01. The van der Waals surface area contributed by atoms with Gasteiger partial charge in [0.2, 0.25) is 5.76 Å². The lowest BCUT2D eigenvalue weighted by Crippen LogP contribution is -2.48. The zero-order valence-corrected chi connectivity index (χ0v) is 14.3. The minimum absolute atomic E-state index is 0.109. The van der Waals surface area contributed by atoms with Crippen LogP contribution in [-0.4, -0.2) is 41.1 Å². The molecule has 0 saturated carbocycles. The predicted octanol–water partition coefficient (Wildman–Crippen LogP) is 3.35. The fourth-order valence-electron chi connectivity index (χ4n) is 3.84. The summed E-state index contributed by atoms with van der Waals surface area (Å²) in [6.07, 6.45) is 4.44. The number of amides is 1. The summed E-state index contributed by atoms with van der Waals surface area (Å²) in [5.41, 5.74) is 1.47. The monoisotopic (exact) mass is 345 g/mol. The highest BCUT2D eigenvalue weighted by Gasteiger charge is 2.37. The molecule has 1 N–H and O–H groups in total. The van der Waals surface area contributed by atoms with Crippen LogP contribution in [0.2, 0.25) is 5.02 Å². The van der Waals surface area contributed by atoms with Gasteiger partial charge in [0, 0.05) is 41.8 Å². The number of carbonyl (C=O) groups is 1. The molecule has 2 bridgehead atoms. The molecule has 24 heavy (non-hydrogen) atoms. The first kappa shape index (κ1) is 15.7. The molecular formula is C18H20ClN3O2. The largest absolute Gasteiger partial charge is 0.350 e. The summed E-state index contributed by atoms with van der Waals surface area (Å²) in [4.78, 5) is 14.5. The summed E-state index contributed by atoms with van der Waals surface area (Å²) in [5.74, 6) is 0.167. The van der Waals surface area contributed by atoms with Crippen LogP contribution in [0.1, 0.15) is 36.2 Å². The molecule has 1 aromatic heterocycles. The van der Waals surface area contributed by atoms with Crippen LogP contribution in [-0.2, 0) is 0 Å². The average molecular weight is 346 g/mol. The Morgan fingerprint density at radius 3 is 2.75 bits per heavy atom. The van der Waals surface area contributed by atoms with Gasteiger partial charge in [0.25, 0.3) is 5.91 Å². The summed E-state index contributed by atoms with van der Waals surface area (Å²) in [6.45, 7) is 0. The lowest BCUT2D eigenvalue weighted by atomic mass is 9.98. The van der Waals surface area contributed by atoms with Crippen molar-refractivity contribution < 1.29 is 9.32 Å². The normalized spacial score (nSPS) is 25.7. The maximum atomic E-state index is 12.7. The maximum absolute atomic E-state index is 12.7. The highest BCUT2D eigenvalue weighted by atomic mass is 35.5. The summed E-state index contributed by atoms with van der Waals surface area (Å²) in [6, 6.07) is 10.4. The molecule has 1 amide bonds. The van der Waals surface area contributed by atoms with Crippen LogP contribution in [0, 0.1) is 0 Å². The van der Waals surface area contributed by atoms with Gasteiger partial charge in [-0.3, -0.25) is 4.79 Å². The number of hydrogen-bond acceptors (Lipinski definition) is 4. The van der Waals surface area contributed by atoms with Crippen LogP contribution in [0.3, 0.4) is 0 Å². The number of halogens is 1. The van der Waals surface area contributed by atoms with Crippen molar-refractivity contribution in [2.24, 2.45) is 0 Å². The number of nitrogens with zero attached hydrogens (tertiary/aromatic N) is 2. The zero-order valence-electron chi connectivity index (χ0n) is 13.5. The van der Waals surface area contributed by atoms with Crippen LogP contribution in [0.4, 0.5) is 0 Å². The molecule has 2 unspecified atom stereocenters. The molecule has 0 radical (unpaired) electrons. The Morgan fingerprint density at radius 2 is 2.04 bits per heavy atom. The van der Waals surface area contributed by atoms with Crippen molar-refractivity contribution in [1.82, 2.24) is 15.4 Å². The molecule has 5 nitrogen and oxygen atoms in total. The average Bonchev–Trinajstić information content (AvgIpc) is 3.20. The van der Waals surface area contributed by atoms with Crippen molar-refractivity contribution in [1.29, 1.82) is 0 Å². The minimum Gasteiger partial charge on any atom is -0.350 e. The van der Waals surface area contributed by atoms with Crippen LogP contribution in [0.25, 0.3) is 11.3 Å². The van der Waals surface area contributed by atoms with Crippen molar-refractivity contribution in [3.8, 4) is 11.3 Å². The molecule has 2 atom stereocenters. The van der Waals surface area contributed by atoms with E-state index in [0.29, 0.717) is 22.8 Å². The Labute approximate surface area is 146 Å². The molecule has 0 spiro atoms. The van der Waals surface area contributed by atoms with E-state index in [-0.39, 0.29) is 17.7 Å². The number of hydrogen-bond donors (Lipinski definition) is 1. The first-order chi connectivity index (χ1) is 11.6. The quantitative estimate of drug-likeness (QED) is 0.926. The summed E-state index contributed by atoms with van der Waals surface area (Å²) in [7, 11) is 1.86. The van der Waals surface area contributed by atoms with E-state index in [1.54, 1.807) is 12.1 Å². The second-order valence-corrected chi connectivity index (χ2v) is 7.20. The Bertz CT molecular complexity index is 748. The molecular weight excluding hydrogens is 326 g/mol. The number of aromatic nitrogens is 1. The lowest BCUT2D eigenvalue weighted by Gasteiger charge is -2.35. The second kappa shape index (κ2) is 6.22. The van der Waals surface area contributed by atoms with Crippen molar-refractivity contribution in [2.75, 3.05) is 7.05 Å². The van der Waals surface area contributed by atoms with Gasteiger partial charge in [-0.1, -0.05) is 28.9 Å². The highest BCUT2D eigenvalue weighted by molar-refractivity contribution is 6.30. The fourth-order valence-corrected chi connectivity index (χ4v) is 4.03. The molecule has 3 heterocycles. The van der Waals surface area contributed by atoms with Gasteiger partial charge in [-0.05, 0) is 37.8 Å². The van der Waals surface area contributed by atoms with Gasteiger partial charge >= 0.3 is 0 Å². The Kier molecular flexibility index (Phi) is 4.06. The van der Waals surface area contributed by atoms with Gasteiger partial charge in [-0.15, -0.1) is 0 Å². The molecule has 4 rings (SSSR count). The van der Waals surface area contributed by atoms with Crippen LogP contribution < -0.4 is 5.32 Å². The van der Waals surface area contributed by atoms with E-state index in [1.807, 2.05) is 30.1 Å². The molecule has 6 heteroatoms. The van der Waals surface area contributed by atoms with Gasteiger partial charge in [0.15, 0.2) is 0 Å². The van der Waals surface area contributed by atoms with Crippen molar-refractivity contribution >= 4 is 17.5 Å². The maximum Gasteiger partial charge on any atom is 0.292 e. The van der Waals surface area contributed by atoms with E-state index in [9.17, 15) is 4.79 Å². The first-order valence-corrected chi connectivity index (χ1v) is 8.74. The number of fused-ring (bicyclic) bond motifs is 2. The smallest absolute Gasteiger partial charge is 0.292 e. The summed E-state index contributed by atoms with van der Waals surface area (Å²) in [5, 5.41) is 8.25. The third-order valence-electron chi connectivity index (χ3n) is 5.16. The molecule has 2 fully saturated rings. The van der Waals surface area contributed by atoms with Gasteiger partial charge in [0.1, 0.15) is 5.69 Å². The standard InChI is InChI=1S/C18H20ClN3O2/c1-22(15-8-13-5-6-14(9-15)20-13)18(23)17-10-16(21-24-17)11-3-2-4-12(19)7-11/h2-4,7,10,13-15,20H,5-6,8-9H2,1H3. The number of rotatable bonds is 3. The number of carbonyl (C=O) groups excluding carboxylic acids is 1. The van der Waals surface area contributed by atoms with E-state index in [2.05, 4.69) is 10.5 Å². The Hall–Kier alpha value is -1.85. The number of benzene rings is 1. The van der Waals surface area contributed by atoms with Crippen molar-refractivity contribution in [3.05, 3.63) is 41.1 Å². The predicted molar refractivity (Wildman–Crippen MR) is 92.0 cm³/mol. The summed E-state index contributed by atoms with van der Waals surface area (Å²) < 4.78 is 5.30. The third-order valence-corrected chi connectivity index (χ3v) is 5.39. The topological polar surface area (TPSA) is 58.4 Å². The van der Waals surface area contributed by atoms with E-state index < -0.39 is 0 Å². The van der Waals surface area contributed by atoms with Crippen molar-refractivity contribution in [2.45, 2.75) is 43.8 Å².